The number of hydrogen-bond acceptors (Lipinski definition) is 4. The van der Waals surface area contributed by atoms with Crippen molar-refractivity contribution in [2.24, 2.45) is 11.7 Å². The lowest BCUT2D eigenvalue weighted by atomic mass is 10.0. The monoisotopic (exact) mass is 343 g/mol. The van der Waals surface area contributed by atoms with Crippen LogP contribution in [0.2, 0.25) is 0 Å². The second-order valence-corrected chi connectivity index (χ2v) is 6.61. The topological polar surface area (TPSA) is 66.6 Å². The Morgan fingerprint density at radius 2 is 1.82 bits per heavy atom. The summed E-state index contributed by atoms with van der Waals surface area (Å²) in [5, 5.41) is 3.78. The van der Waals surface area contributed by atoms with Crippen LogP contribution in [0.15, 0.2) is 16.8 Å². The van der Waals surface area contributed by atoms with Crippen LogP contribution in [0, 0.1) is 5.92 Å². The van der Waals surface area contributed by atoms with Gasteiger partial charge in [0.1, 0.15) is 0 Å². The molecule has 22 heavy (non-hydrogen) atoms. The Kier molecular flexibility index (Phi) is 5.83. The highest BCUT2D eigenvalue weighted by Gasteiger charge is 2.35. The van der Waals surface area contributed by atoms with Gasteiger partial charge in [0, 0.05) is 37.6 Å². The van der Waals surface area contributed by atoms with Crippen LogP contribution in [0.25, 0.3) is 0 Å². The molecule has 2 aliphatic rings. The van der Waals surface area contributed by atoms with Gasteiger partial charge in [0.05, 0.1) is 11.5 Å². The van der Waals surface area contributed by atoms with Crippen molar-refractivity contribution in [1.82, 2.24) is 9.80 Å². The first-order chi connectivity index (χ1) is 10.2. The van der Waals surface area contributed by atoms with Gasteiger partial charge in [0.2, 0.25) is 5.91 Å². The first-order valence-corrected chi connectivity index (χ1v) is 8.47. The number of carbonyl (C=O) groups is 2. The number of thiophene rings is 1. The van der Waals surface area contributed by atoms with Gasteiger partial charge in [-0.15, -0.1) is 12.4 Å². The summed E-state index contributed by atoms with van der Waals surface area (Å²) in [6.07, 6.45) is 2.91. The fraction of sp³-hybridized carbons (Fsp3) is 0.600. The fourth-order valence-electron chi connectivity index (χ4n) is 3.23. The zero-order valence-electron chi connectivity index (χ0n) is 12.4. The van der Waals surface area contributed by atoms with Crippen molar-refractivity contribution in [3.63, 3.8) is 0 Å². The maximum absolute atomic E-state index is 12.5. The van der Waals surface area contributed by atoms with Crippen molar-refractivity contribution in [2.45, 2.75) is 25.3 Å². The third-order valence-corrected chi connectivity index (χ3v) is 5.22. The minimum absolute atomic E-state index is 0. The Bertz CT molecular complexity index is 515. The van der Waals surface area contributed by atoms with E-state index in [0.29, 0.717) is 26.2 Å². The molecule has 2 unspecified atom stereocenters. The predicted molar refractivity (Wildman–Crippen MR) is 89.4 cm³/mol. The summed E-state index contributed by atoms with van der Waals surface area (Å²) in [5.41, 5.74) is 6.76. The molecule has 0 spiro atoms. The average molecular weight is 344 g/mol. The molecule has 2 N–H and O–H groups in total. The minimum Gasteiger partial charge on any atom is -0.339 e. The third-order valence-electron chi connectivity index (χ3n) is 4.53. The summed E-state index contributed by atoms with van der Waals surface area (Å²) in [6, 6.07) is 1.87. The Morgan fingerprint density at radius 3 is 2.36 bits per heavy atom. The largest absolute Gasteiger partial charge is 0.339 e. The highest BCUT2D eigenvalue weighted by molar-refractivity contribution is 7.08. The molecule has 5 nitrogen and oxygen atoms in total. The van der Waals surface area contributed by atoms with Crippen molar-refractivity contribution >= 4 is 35.6 Å². The molecule has 1 saturated heterocycles. The zero-order valence-corrected chi connectivity index (χ0v) is 14.1. The van der Waals surface area contributed by atoms with Gasteiger partial charge in [-0.25, -0.2) is 0 Å². The fourth-order valence-corrected chi connectivity index (χ4v) is 3.86. The minimum atomic E-state index is -0.0101. The van der Waals surface area contributed by atoms with Crippen LogP contribution in [0.4, 0.5) is 0 Å². The number of nitrogens with zero attached hydrogens (tertiary/aromatic N) is 2. The normalized spacial score (nSPS) is 25.0. The van der Waals surface area contributed by atoms with E-state index in [1.807, 2.05) is 26.6 Å². The van der Waals surface area contributed by atoms with Crippen molar-refractivity contribution in [3.8, 4) is 0 Å². The van der Waals surface area contributed by atoms with Gasteiger partial charge in [-0.05, 0) is 24.3 Å². The lowest BCUT2D eigenvalue weighted by Crippen LogP contribution is -2.53. The summed E-state index contributed by atoms with van der Waals surface area (Å²) in [7, 11) is 0. The number of amides is 2. The first-order valence-electron chi connectivity index (χ1n) is 7.52. The standard InChI is InChI=1S/C15H21N3O2S.ClH/c16-13-3-1-2-12(13)15(20)18-7-5-17(6-8-18)14(19)11-4-9-21-10-11;/h4,9-10,12-13H,1-3,5-8,16H2;1H. The van der Waals surface area contributed by atoms with Crippen LogP contribution >= 0.6 is 23.7 Å². The van der Waals surface area contributed by atoms with Crippen molar-refractivity contribution in [3.05, 3.63) is 22.4 Å². The Balaban J connectivity index is 0.00000176. The van der Waals surface area contributed by atoms with Gasteiger partial charge < -0.3 is 15.5 Å². The van der Waals surface area contributed by atoms with Gasteiger partial charge in [0.25, 0.3) is 5.91 Å². The van der Waals surface area contributed by atoms with E-state index in [1.165, 1.54) is 11.3 Å². The first kappa shape index (κ1) is 17.2. The van der Waals surface area contributed by atoms with Crippen LogP contribution in [0.3, 0.4) is 0 Å². The summed E-state index contributed by atoms with van der Waals surface area (Å²) < 4.78 is 0. The number of rotatable bonds is 2. The second kappa shape index (κ2) is 7.44. The van der Waals surface area contributed by atoms with E-state index in [-0.39, 0.29) is 36.2 Å². The molecule has 3 rings (SSSR count). The van der Waals surface area contributed by atoms with Crippen LogP contribution < -0.4 is 5.73 Å². The molecule has 0 bridgehead atoms. The van der Waals surface area contributed by atoms with Crippen LogP contribution in [0.5, 0.6) is 0 Å². The van der Waals surface area contributed by atoms with Crippen LogP contribution in [0.1, 0.15) is 29.6 Å². The molecule has 2 atom stereocenters. The highest BCUT2D eigenvalue weighted by atomic mass is 35.5. The van der Waals surface area contributed by atoms with E-state index in [2.05, 4.69) is 0 Å². The molecule has 2 amide bonds. The molecule has 1 aliphatic heterocycles. The summed E-state index contributed by atoms with van der Waals surface area (Å²) in [4.78, 5) is 28.4. The number of hydrogen-bond donors (Lipinski definition) is 1. The van der Waals surface area contributed by atoms with Gasteiger partial charge in [-0.3, -0.25) is 9.59 Å². The number of nitrogens with two attached hydrogens (primary N) is 1. The highest BCUT2D eigenvalue weighted by Crippen LogP contribution is 2.26. The third kappa shape index (κ3) is 3.45. The van der Waals surface area contributed by atoms with E-state index in [1.54, 1.807) is 0 Å². The average Bonchev–Trinajstić information content (AvgIpc) is 3.17. The van der Waals surface area contributed by atoms with Crippen molar-refractivity contribution in [1.29, 1.82) is 0 Å². The quantitative estimate of drug-likeness (QED) is 0.886. The second-order valence-electron chi connectivity index (χ2n) is 5.83. The molecule has 1 saturated carbocycles. The number of piperazine rings is 1. The molecule has 0 aromatic carbocycles. The van der Waals surface area contributed by atoms with E-state index in [9.17, 15) is 9.59 Å². The van der Waals surface area contributed by atoms with E-state index in [0.717, 1.165) is 24.8 Å². The Morgan fingerprint density at radius 1 is 1.14 bits per heavy atom. The lowest BCUT2D eigenvalue weighted by molar-refractivity contribution is -0.137. The molecule has 122 valence electrons. The number of halogens is 1. The smallest absolute Gasteiger partial charge is 0.254 e. The molecule has 2 fully saturated rings. The molecule has 2 heterocycles. The zero-order chi connectivity index (χ0) is 14.8. The van der Waals surface area contributed by atoms with Crippen LogP contribution in [-0.2, 0) is 4.79 Å². The van der Waals surface area contributed by atoms with Crippen molar-refractivity contribution < 1.29 is 9.59 Å². The van der Waals surface area contributed by atoms with Gasteiger partial charge >= 0.3 is 0 Å². The van der Waals surface area contributed by atoms with Crippen LogP contribution in [-0.4, -0.2) is 53.8 Å². The maximum Gasteiger partial charge on any atom is 0.254 e. The molecule has 1 aromatic rings. The van der Waals surface area contributed by atoms with Crippen molar-refractivity contribution in [2.75, 3.05) is 26.2 Å². The molecule has 0 radical (unpaired) electrons. The van der Waals surface area contributed by atoms with E-state index >= 15 is 0 Å². The number of carbonyl (C=O) groups excluding carboxylic acids is 2. The molecule has 1 aliphatic carbocycles. The molecular weight excluding hydrogens is 322 g/mol. The molecule has 1 aromatic heterocycles. The molecular formula is C15H22ClN3O2S. The summed E-state index contributed by atoms with van der Waals surface area (Å²) in [6.45, 7) is 2.47. The van der Waals surface area contributed by atoms with Gasteiger partial charge in [-0.1, -0.05) is 6.42 Å². The van der Waals surface area contributed by atoms with E-state index in [4.69, 9.17) is 5.73 Å². The predicted octanol–water partition coefficient (Wildman–Crippen LogP) is 1.58. The Hall–Kier alpha value is -1.11. The summed E-state index contributed by atoms with van der Waals surface area (Å²) in [5.74, 6) is 0.243. The van der Waals surface area contributed by atoms with E-state index < -0.39 is 0 Å². The van der Waals surface area contributed by atoms with Gasteiger partial charge in [0.15, 0.2) is 0 Å². The summed E-state index contributed by atoms with van der Waals surface area (Å²) >= 11 is 1.53. The lowest BCUT2D eigenvalue weighted by Gasteiger charge is -2.36. The maximum atomic E-state index is 12.5. The van der Waals surface area contributed by atoms with Gasteiger partial charge in [-0.2, -0.15) is 11.3 Å². The molecule has 7 heteroatoms. The Labute approximate surface area is 140 Å². The SMILES string of the molecule is Cl.NC1CCCC1C(=O)N1CCN(C(=O)c2ccsc2)CC1.